The van der Waals surface area contributed by atoms with Gasteiger partial charge in [-0.25, -0.2) is 22.9 Å². The number of esters is 1. The molecule has 0 radical (unpaired) electrons. The third-order valence-corrected chi connectivity index (χ3v) is 6.48. The first kappa shape index (κ1) is 22.7. The predicted octanol–water partition coefficient (Wildman–Crippen LogP) is 4.72. The fourth-order valence-electron chi connectivity index (χ4n) is 3.02. The maximum absolute atomic E-state index is 12.4. The van der Waals surface area contributed by atoms with E-state index < -0.39 is 16.0 Å². The number of aromatic nitrogens is 1. The quantitative estimate of drug-likeness (QED) is 0.222. The average Bonchev–Trinajstić information content (AvgIpc) is 3.34. The summed E-state index contributed by atoms with van der Waals surface area (Å²) in [5.41, 5.74) is 2.01. The standard InChI is InChI=1S/C24H19ClN2O5S/c25-24-19(14-18-4-1-2-6-22(18)27-24)16-32-23(28)12-9-17-7-10-21(11-8-17)33(29,30)26-15-20-5-3-13-31-20/h1-14,26H,15-16H2/b12-9+. The number of pyridine rings is 1. The van der Waals surface area contributed by atoms with Gasteiger partial charge in [0.05, 0.1) is 23.2 Å². The van der Waals surface area contributed by atoms with Crippen LogP contribution in [-0.2, 0) is 32.7 Å². The summed E-state index contributed by atoms with van der Waals surface area (Å²) >= 11 is 6.18. The van der Waals surface area contributed by atoms with Gasteiger partial charge in [-0.3, -0.25) is 0 Å². The highest BCUT2D eigenvalue weighted by molar-refractivity contribution is 7.89. The van der Waals surface area contributed by atoms with E-state index in [1.165, 1.54) is 30.5 Å². The Morgan fingerprint density at radius 2 is 1.88 bits per heavy atom. The van der Waals surface area contributed by atoms with Crippen LogP contribution in [0, 0.1) is 0 Å². The second kappa shape index (κ2) is 9.99. The number of hydrogen-bond acceptors (Lipinski definition) is 6. The largest absolute Gasteiger partial charge is 0.468 e. The van der Waals surface area contributed by atoms with Gasteiger partial charge < -0.3 is 9.15 Å². The summed E-state index contributed by atoms with van der Waals surface area (Å²) in [6.07, 6.45) is 4.28. The number of benzene rings is 2. The summed E-state index contributed by atoms with van der Waals surface area (Å²) < 4.78 is 37.6. The monoisotopic (exact) mass is 482 g/mol. The van der Waals surface area contributed by atoms with Gasteiger partial charge >= 0.3 is 5.97 Å². The van der Waals surface area contributed by atoms with Crippen LogP contribution in [0.3, 0.4) is 0 Å². The van der Waals surface area contributed by atoms with Gasteiger partial charge in [-0.15, -0.1) is 0 Å². The Labute approximate surface area is 195 Å². The number of carbonyl (C=O) groups excluding carboxylic acids is 1. The number of ether oxygens (including phenoxy) is 1. The summed E-state index contributed by atoms with van der Waals surface area (Å²) in [5, 5.41) is 1.18. The van der Waals surface area contributed by atoms with Crippen LogP contribution in [0.25, 0.3) is 17.0 Å². The third kappa shape index (κ3) is 5.87. The van der Waals surface area contributed by atoms with Crippen LogP contribution in [0.4, 0.5) is 0 Å². The van der Waals surface area contributed by atoms with E-state index in [0.717, 1.165) is 10.9 Å². The van der Waals surface area contributed by atoms with Crippen LogP contribution in [0.15, 0.2) is 88.4 Å². The molecule has 4 rings (SSSR count). The third-order valence-electron chi connectivity index (χ3n) is 4.74. The molecule has 2 heterocycles. The lowest BCUT2D eigenvalue weighted by molar-refractivity contribution is -0.138. The highest BCUT2D eigenvalue weighted by Crippen LogP contribution is 2.21. The van der Waals surface area contributed by atoms with E-state index in [1.807, 2.05) is 30.3 Å². The van der Waals surface area contributed by atoms with Crippen molar-refractivity contribution in [3.05, 3.63) is 101 Å². The first-order chi connectivity index (χ1) is 15.9. The van der Waals surface area contributed by atoms with Crippen molar-refractivity contribution in [2.75, 3.05) is 0 Å². The second-order valence-electron chi connectivity index (χ2n) is 7.04. The fourth-order valence-corrected chi connectivity index (χ4v) is 4.21. The van der Waals surface area contributed by atoms with Crippen molar-refractivity contribution in [3.8, 4) is 0 Å². The molecule has 168 valence electrons. The maximum atomic E-state index is 12.4. The SMILES string of the molecule is O=C(/C=C/c1ccc(S(=O)(=O)NCc2ccco2)cc1)OCc1cc2ccccc2nc1Cl. The van der Waals surface area contributed by atoms with Crippen LogP contribution in [0.1, 0.15) is 16.9 Å². The average molecular weight is 483 g/mol. The van der Waals surface area contributed by atoms with E-state index in [9.17, 15) is 13.2 Å². The Morgan fingerprint density at radius 1 is 1.09 bits per heavy atom. The van der Waals surface area contributed by atoms with Gasteiger partial charge in [0.2, 0.25) is 10.0 Å². The normalized spacial score (nSPS) is 11.8. The molecule has 2 aromatic heterocycles. The zero-order valence-corrected chi connectivity index (χ0v) is 18.8. The van der Waals surface area contributed by atoms with Crippen LogP contribution in [0.2, 0.25) is 5.15 Å². The number of sulfonamides is 1. The van der Waals surface area contributed by atoms with Gasteiger partial charge in [-0.05, 0) is 48.0 Å². The van der Waals surface area contributed by atoms with Crippen molar-refractivity contribution in [1.29, 1.82) is 0 Å². The zero-order valence-electron chi connectivity index (χ0n) is 17.3. The van der Waals surface area contributed by atoms with Gasteiger partial charge in [-0.2, -0.15) is 0 Å². The molecule has 2 aromatic carbocycles. The molecule has 1 N–H and O–H groups in total. The van der Waals surface area contributed by atoms with Crippen molar-refractivity contribution in [1.82, 2.24) is 9.71 Å². The Bertz CT molecular complexity index is 1400. The molecular formula is C24H19ClN2O5S. The predicted molar refractivity (Wildman–Crippen MR) is 125 cm³/mol. The minimum atomic E-state index is -3.69. The molecule has 0 atom stereocenters. The van der Waals surface area contributed by atoms with Crippen molar-refractivity contribution in [2.24, 2.45) is 0 Å². The number of carbonyl (C=O) groups is 1. The molecule has 0 unspecified atom stereocenters. The highest BCUT2D eigenvalue weighted by Gasteiger charge is 2.14. The Hall–Kier alpha value is -3.46. The molecule has 0 aliphatic rings. The summed E-state index contributed by atoms with van der Waals surface area (Å²) in [4.78, 5) is 16.5. The minimum Gasteiger partial charge on any atom is -0.468 e. The topological polar surface area (TPSA) is 98.5 Å². The number of rotatable bonds is 8. The number of halogens is 1. The lowest BCUT2D eigenvalue weighted by Crippen LogP contribution is -2.22. The molecular weight excluding hydrogens is 464 g/mol. The van der Waals surface area contributed by atoms with E-state index >= 15 is 0 Å². The van der Waals surface area contributed by atoms with E-state index in [0.29, 0.717) is 16.9 Å². The summed E-state index contributed by atoms with van der Waals surface area (Å²) in [6, 6.07) is 18.8. The van der Waals surface area contributed by atoms with Gasteiger partial charge in [-0.1, -0.05) is 41.9 Å². The molecule has 0 spiro atoms. The fraction of sp³-hybridized carbons (Fsp3) is 0.0833. The summed E-state index contributed by atoms with van der Waals surface area (Å²) in [5.74, 6) is -0.0477. The summed E-state index contributed by atoms with van der Waals surface area (Å²) in [7, 11) is -3.69. The molecule has 0 amide bonds. The number of nitrogens with one attached hydrogen (secondary N) is 1. The van der Waals surface area contributed by atoms with Gasteiger partial charge in [0.1, 0.15) is 17.5 Å². The van der Waals surface area contributed by atoms with Gasteiger partial charge in [0.15, 0.2) is 0 Å². The van der Waals surface area contributed by atoms with E-state index in [-0.39, 0.29) is 23.2 Å². The molecule has 4 aromatic rings. The lowest BCUT2D eigenvalue weighted by atomic mass is 10.2. The zero-order chi connectivity index (χ0) is 23.3. The lowest BCUT2D eigenvalue weighted by Gasteiger charge is -2.07. The first-order valence-corrected chi connectivity index (χ1v) is 11.8. The molecule has 7 nitrogen and oxygen atoms in total. The van der Waals surface area contributed by atoms with Crippen LogP contribution < -0.4 is 4.72 Å². The van der Waals surface area contributed by atoms with Gasteiger partial charge in [0.25, 0.3) is 0 Å². The minimum absolute atomic E-state index is 0.0155. The number of hydrogen-bond donors (Lipinski definition) is 1. The molecule has 0 bridgehead atoms. The van der Waals surface area contributed by atoms with E-state index in [4.69, 9.17) is 20.8 Å². The van der Waals surface area contributed by atoms with E-state index in [1.54, 1.807) is 24.3 Å². The smallest absolute Gasteiger partial charge is 0.331 e. The molecule has 0 saturated carbocycles. The first-order valence-electron chi connectivity index (χ1n) is 9.92. The molecule has 0 aliphatic heterocycles. The Morgan fingerprint density at radius 3 is 2.64 bits per heavy atom. The number of para-hydroxylation sites is 1. The molecule has 9 heteroatoms. The Kier molecular flexibility index (Phi) is 6.88. The number of furan rings is 1. The number of nitrogens with zero attached hydrogens (tertiary/aromatic N) is 1. The van der Waals surface area contributed by atoms with Crippen molar-refractivity contribution in [3.63, 3.8) is 0 Å². The van der Waals surface area contributed by atoms with Crippen LogP contribution in [-0.4, -0.2) is 19.4 Å². The Balaban J connectivity index is 1.34. The van der Waals surface area contributed by atoms with Crippen LogP contribution >= 0.6 is 11.6 Å². The second-order valence-corrected chi connectivity index (χ2v) is 9.17. The van der Waals surface area contributed by atoms with Crippen molar-refractivity contribution in [2.45, 2.75) is 18.0 Å². The van der Waals surface area contributed by atoms with Crippen LogP contribution in [0.5, 0.6) is 0 Å². The maximum Gasteiger partial charge on any atom is 0.331 e. The molecule has 0 saturated heterocycles. The number of fused-ring (bicyclic) bond motifs is 1. The molecule has 33 heavy (non-hydrogen) atoms. The molecule has 0 aliphatic carbocycles. The summed E-state index contributed by atoms with van der Waals surface area (Å²) in [6.45, 7) is 0.0396. The van der Waals surface area contributed by atoms with Crippen molar-refractivity contribution >= 4 is 44.6 Å². The molecule has 0 fully saturated rings. The highest BCUT2D eigenvalue weighted by atomic mass is 35.5. The van der Waals surface area contributed by atoms with E-state index in [2.05, 4.69) is 9.71 Å². The van der Waals surface area contributed by atoms with Crippen molar-refractivity contribution < 1.29 is 22.4 Å². The van der Waals surface area contributed by atoms with Gasteiger partial charge in [0, 0.05) is 17.0 Å².